The lowest BCUT2D eigenvalue weighted by atomic mass is 9.98. The number of hydrogen-bond donors (Lipinski definition) is 0. The van der Waals surface area contributed by atoms with Gasteiger partial charge in [0.2, 0.25) is 0 Å². The van der Waals surface area contributed by atoms with Crippen LogP contribution in [0.3, 0.4) is 0 Å². The molecule has 0 radical (unpaired) electrons. The van der Waals surface area contributed by atoms with Gasteiger partial charge in [0.05, 0.1) is 0 Å². The SMILES string of the molecule is C=CC(C=CN=C)C1=CC=CCC=C1. The molecule has 1 atom stereocenters. The first-order chi connectivity index (χ1) is 6.88. The van der Waals surface area contributed by atoms with Crippen molar-refractivity contribution in [3.63, 3.8) is 0 Å². The first-order valence-electron chi connectivity index (χ1n) is 4.67. The molecular weight excluding hydrogens is 170 g/mol. The van der Waals surface area contributed by atoms with Crippen LogP contribution in [0.15, 0.2) is 65.9 Å². The van der Waals surface area contributed by atoms with Crippen molar-refractivity contribution < 1.29 is 0 Å². The van der Waals surface area contributed by atoms with Gasteiger partial charge in [0.25, 0.3) is 0 Å². The molecule has 0 N–H and O–H groups in total. The predicted molar refractivity (Wildman–Crippen MR) is 63.4 cm³/mol. The van der Waals surface area contributed by atoms with E-state index in [0.29, 0.717) is 0 Å². The van der Waals surface area contributed by atoms with Crippen molar-refractivity contribution in [2.45, 2.75) is 6.42 Å². The lowest BCUT2D eigenvalue weighted by molar-refractivity contribution is 1.00. The second-order valence-corrected chi connectivity index (χ2v) is 3.02. The fraction of sp³-hybridized carbons (Fsp3) is 0.154. The van der Waals surface area contributed by atoms with Crippen LogP contribution in [-0.4, -0.2) is 6.72 Å². The van der Waals surface area contributed by atoms with Crippen molar-refractivity contribution in [1.29, 1.82) is 0 Å². The summed E-state index contributed by atoms with van der Waals surface area (Å²) in [7, 11) is 0. The van der Waals surface area contributed by atoms with Crippen molar-refractivity contribution in [3.05, 3.63) is 60.9 Å². The number of aliphatic imine (C=N–C) groups is 1. The van der Waals surface area contributed by atoms with E-state index in [1.54, 1.807) is 6.20 Å². The summed E-state index contributed by atoms with van der Waals surface area (Å²) in [6, 6.07) is 0. The van der Waals surface area contributed by atoms with Gasteiger partial charge < -0.3 is 0 Å². The van der Waals surface area contributed by atoms with E-state index in [4.69, 9.17) is 0 Å². The van der Waals surface area contributed by atoms with Crippen molar-refractivity contribution in [3.8, 4) is 0 Å². The molecule has 0 aromatic rings. The first-order valence-corrected chi connectivity index (χ1v) is 4.67. The van der Waals surface area contributed by atoms with Crippen molar-refractivity contribution >= 4 is 6.72 Å². The van der Waals surface area contributed by atoms with Crippen LogP contribution < -0.4 is 0 Å². The monoisotopic (exact) mass is 185 g/mol. The number of nitrogens with zero attached hydrogens (tertiary/aromatic N) is 1. The fourth-order valence-electron chi connectivity index (χ4n) is 1.30. The lowest BCUT2D eigenvalue weighted by Gasteiger charge is -2.07. The van der Waals surface area contributed by atoms with Gasteiger partial charge in [-0.25, -0.2) is 0 Å². The first kappa shape index (κ1) is 10.5. The lowest BCUT2D eigenvalue weighted by Crippen LogP contribution is -1.93. The van der Waals surface area contributed by atoms with Crippen molar-refractivity contribution in [2.75, 3.05) is 0 Å². The van der Waals surface area contributed by atoms with Crippen LogP contribution in [0.1, 0.15) is 6.42 Å². The Balaban J connectivity index is 2.82. The maximum Gasteiger partial charge on any atom is 0.0229 e. The van der Waals surface area contributed by atoms with Gasteiger partial charge in [-0.1, -0.05) is 42.5 Å². The summed E-state index contributed by atoms with van der Waals surface area (Å²) in [6.45, 7) is 7.22. The van der Waals surface area contributed by atoms with Crippen LogP contribution in [-0.2, 0) is 0 Å². The number of allylic oxidation sites excluding steroid dienone is 8. The van der Waals surface area contributed by atoms with Gasteiger partial charge in [0, 0.05) is 12.1 Å². The highest BCUT2D eigenvalue weighted by Crippen LogP contribution is 2.18. The van der Waals surface area contributed by atoms with Gasteiger partial charge in [-0.3, -0.25) is 4.99 Å². The van der Waals surface area contributed by atoms with Gasteiger partial charge in [0.1, 0.15) is 0 Å². The molecule has 0 aliphatic heterocycles. The topological polar surface area (TPSA) is 12.4 Å². The van der Waals surface area contributed by atoms with E-state index in [-0.39, 0.29) is 5.92 Å². The maximum atomic E-state index is 3.81. The standard InChI is InChI=1S/C13H15N/c1-3-12(10-11-14-2)13-8-6-4-5-7-9-13/h3-4,6-12H,1-2,5H2. The molecule has 0 bridgehead atoms. The third-order valence-electron chi connectivity index (χ3n) is 2.04. The zero-order valence-corrected chi connectivity index (χ0v) is 8.26. The molecule has 1 rings (SSSR count). The average Bonchev–Trinajstić information content (AvgIpc) is 2.48. The Hall–Kier alpha value is -1.63. The Morgan fingerprint density at radius 1 is 1.43 bits per heavy atom. The summed E-state index contributed by atoms with van der Waals surface area (Å²) >= 11 is 0. The smallest absolute Gasteiger partial charge is 0.0229 e. The molecule has 0 fully saturated rings. The van der Waals surface area contributed by atoms with Gasteiger partial charge in [-0.15, -0.1) is 6.58 Å². The number of hydrogen-bond acceptors (Lipinski definition) is 1. The molecule has 0 saturated carbocycles. The molecule has 0 heterocycles. The quantitative estimate of drug-likeness (QED) is 0.470. The molecular formula is C13H15N. The summed E-state index contributed by atoms with van der Waals surface area (Å²) in [5, 5.41) is 0. The molecule has 0 aromatic heterocycles. The van der Waals surface area contributed by atoms with Crippen LogP contribution in [0, 0.1) is 5.92 Å². The minimum absolute atomic E-state index is 0.222. The van der Waals surface area contributed by atoms with E-state index in [1.807, 2.05) is 12.2 Å². The molecule has 0 spiro atoms. The highest BCUT2D eigenvalue weighted by molar-refractivity contribution is 5.35. The number of rotatable bonds is 4. The summed E-state index contributed by atoms with van der Waals surface area (Å²) in [5.41, 5.74) is 1.23. The minimum atomic E-state index is 0.222. The second-order valence-electron chi connectivity index (χ2n) is 3.02. The van der Waals surface area contributed by atoms with Gasteiger partial charge in [0.15, 0.2) is 0 Å². The third-order valence-corrected chi connectivity index (χ3v) is 2.04. The highest BCUT2D eigenvalue weighted by atomic mass is 14.6. The van der Waals surface area contributed by atoms with Gasteiger partial charge in [-0.2, -0.15) is 0 Å². The summed E-state index contributed by atoms with van der Waals surface area (Å²) in [4.78, 5) is 3.69. The zero-order valence-electron chi connectivity index (χ0n) is 8.26. The Morgan fingerprint density at radius 2 is 2.29 bits per heavy atom. The normalized spacial score (nSPS) is 17.6. The zero-order chi connectivity index (χ0) is 10.2. The van der Waals surface area contributed by atoms with E-state index in [0.717, 1.165) is 6.42 Å². The fourth-order valence-corrected chi connectivity index (χ4v) is 1.30. The minimum Gasteiger partial charge on any atom is -0.273 e. The predicted octanol–water partition coefficient (Wildman–Crippen LogP) is 3.45. The van der Waals surface area contributed by atoms with Gasteiger partial charge in [-0.05, 0) is 18.7 Å². The van der Waals surface area contributed by atoms with Crippen LogP contribution >= 0.6 is 0 Å². The van der Waals surface area contributed by atoms with Crippen LogP contribution in [0.5, 0.6) is 0 Å². The Morgan fingerprint density at radius 3 is 3.00 bits per heavy atom. The summed E-state index contributed by atoms with van der Waals surface area (Å²) < 4.78 is 0. The molecule has 1 nitrogen and oxygen atoms in total. The Kier molecular flexibility index (Phi) is 4.42. The van der Waals surface area contributed by atoms with Gasteiger partial charge >= 0.3 is 0 Å². The van der Waals surface area contributed by atoms with E-state index in [1.165, 1.54) is 5.57 Å². The largest absolute Gasteiger partial charge is 0.273 e. The van der Waals surface area contributed by atoms with E-state index < -0.39 is 0 Å². The highest BCUT2D eigenvalue weighted by Gasteiger charge is 2.03. The van der Waals surface area contributed by atoms with Crippen molar-refractivity contribution in [1.82, 2.24) is 0 Å². The maximum absolute atomic E-state index is 3.81. The summed E-state index contributed by atoms with van der Waals surface area (Å²) in [6.07, 6.45) is 17.1. The molecule has 1 aliphatic rings. The third kappa shape index (κ3) is 3.02. The second kappa shape index (κ2) is 5.92. The van der Waals surface area contributed by atoms with Crippen LogP contribution in [0.2, 0.25) is 0 Å². The van der Waals surface area contributed by atoms with Crippen molar-refractivity contribution in [2.24, 2.45) is 10.9 Å². The molecule has 14 heavy (non-hydrogen) atoms. The van der Waals surface area contributed by atoms with E-state index in [2.05, 4.69) is 48.7 Å². The molecule has 72 valence electrons. The summed E-state index contributed by atoms with van der Waals surface area (Å²) in [5.74, 6) is 0.222. The van der Waals surface area contributed by atoms with E-state index >= 15 is 0 Å². The molecule has 0 saturated heterocycles. The average molecular weight is 185 g/mol. The van der Waals surface area contributed by atoms with E-state index in [9.17, 15) is 0 Å². The molecule has 0 amide bonds. The Labute approximate surface area is 85.6 Å². The van der Waals surface area contributed by atoms with Crippen LogP contribution in [0.4, 0.5) is 0 Å². The Bertz CT molecular complexity index is 316. The molecule has 0 aromatic carbocycles. The molecule has 1 unspecified atom stereocenters. The van der Waals surface area contributed by atoms with Crippen LogP contribution in [0.25, 0.3) is 0 Å². The molecule has 1 heteroatoms. The molecule has 1 aliphatic carbocycles.